The molecule has 0 aliphatic carbocycles. The van der Waals surface area contributed by atoms with Crippen LogP contribution in [-0.4, -0.2) is 53.1 Å². The van der Waals surface area contributed by atoms with E-state index < -0.39 is 36.7 Å². The summed E-state index contributed by atoms with van der Waals surface area (Å²) in [4.78, 5) is 11.7. The van der Waals surface area contributed by atoms with Crippen molar-refractivity contribution in [3.63, 3.8) is 0 Å². The van der Waals surface area contributed by atoms with E-state index in [1.165, 1.54) is 0 Å². The van der Waals surface area contributed by atoms with Gasteiger partial charge >= 0.3 is 0 Å². The highest BCUT2D eigenvalue weighted by Gasteiger charge is 2.35. The van der Waals surface area contributed by atoms with Crippen LogP contribution < -0.4 is 11.1 Å². The fourth-order valence-electron chi connectivity index (χ4n) is 0.771. The summed E-state index contributed by atoms with van der Waals surface area (Å²) in [6, 6.07) is 0. The molecule has 0 heterocycles. The highest BCUT2D eigenvalue weighted by Crippen LogP contribution is 2.14. The Morgan fingerprint density at radius 2 is 1.60 bits per heavy atom. The van der Waals surface area contributed by atoms with E-state index in [4.69, 9.17) is 21.1 Å². The van der Waals surface area contributed by atoms with Gasteiger partial charge in [0, 0.05) is 6.54 Å². The second-order valence-electron chi connectivity index (χ2n) is 4.30. The molecule has 0 bridgehead atoms. The van der Waals surface area contributed by atoms with Crippen LogP contribution in [0.2, 0.25) is 0 Å². The third kappa shape index (κ3) is 3.42. The summed E-state index contributed by atoms with van der Waals surface area (Å²) in [5.74, 6) is -0.415. The Morgan fingerprint density at radius 3 is 1.87 bits per heavy atom. The normalized spacial score (nSPS) is 12.7. The van der Waals surface area contributed by atoms with Crippen LogP contribution in [0.3, 0.4) is 0 Å². The molecule has 6 N–H and O–H groups in total. The molecule has 0 aromatic carbocycles. The fraction of sp³-hybridized carbons (Fsp3) is 0.889. The summed E-state index contributed by atoms with van der Waals surface area (Å²) in [7, 11) is 0. The topological polar surface area (TPSA) is 116 Å². The first kappa shape index (κ1) is 14.3. The van der Waals surface area contributed by atoms with Gasteiger partial charge in [-0.15, -0.1) is 0 Å². The molecule has 0 unspecified atom stereocenters. The molecule has 15 heavy (non-hydrogen) atoms. The highest BCUT2D eigenvalue weighted by atomic mass is 16.3. The van der Waals surface area contributed by atoms with Gasteiger partial charge in [0.1, 0.15) is 5.54 Å². The number of nitrogens with two attached hydrogens (primary N) is 1. The number of carbonyl (C=O) groups is 1. The zero-order valence-corrected chi connectivity index (χ0v) is 9.16. The Balaban J connectivity index is 4.62. The third-order valence-electron chi connectivity index (χ3n) is 2.41. The van der Waals surface area contributed by atoms with Gasteiger partial charge in [0.2, 0.25) is 5.91 Å². The van der Waals surface area contributed by atoms with Gasteiger partial charge in [-0.25, -0.2) is 0 Å². The molecule has 1 amide bonds. The van der Waals surface area contributed by atoms with Crippen LogP contribution in [0, 0.1) is 5.41 Å². The minimum absolute atomic E-state index is 0.136. The van der Waals surface area contributed by atoms with E-state index >= 15 is 0 Å². The molecule has 0 fully saturated rings. The first-order valence-electron chi connectivity index (χ1n) is 4.73. The molecule has 90 valence electrons. The van der Waals surface area contributed by atoms with Crippen LogP contribution >= 0.6 is 0 Å². The van der Waals surface area contributed by atoms with Gasteiger partial charge < -0.3 is 26.4 Å². The average Bonchev–Trinajstić information content (AvgIpc) is 2.25. The standard InChI is InChI=1S/C9H20N2O4/c1-8(2,3-10)7(15)11-9(4-12,5-13)6-14/h12-14H,3-6,10H2,1-2H3,(H,11,15). The molecule has 0 aliphatic heterocycles. The number of amides is 1. The average molecular weight is 220 g/mol. The molecule has 0 saturated heterocycles. The van der Waals surface area contributed by atoms with Crippen molar-refractivity contribution in [2.24, 2.45) is 11.1 Å². The quantitative estimate of drug-likeness (QED) is 0.348. The van der Waals surface area contributed by atoms with Crippen LogP contribution in [0.5, 0.6) is 0 Å². The second kappa shape index (κ2) is 5.41. The zero-order valence-electron chi connectivity index (χ0n) is 9.16. The molecule has 0 aromatic heterocycles. The lowest BCUT2D eigenvalue weighted by molar-refractivity contribution is -0.133. The first-order chi connectivity index (χ1) is 6.87. The minimum Gasteiger partial charge on any atom is -0.394 e. The molecule has 0 atom stereocenters. The van der Waals surface area contributed by atoms with Gasteiger partial charge in [0.15, 0.2) is 0 Å². The number of rotatable bonds is 6. The van der Waals surface area contributed by atoms with E-state index in [2.05, 4.69) is 5.32 Å². The number of aliphatic hydroxyl groups excluding tert-OH is 3. The summed E-state index contributed by atoms with van der Waals surface area (Å²) in [6.45, 7) is 1.81. The Hall–Kier alpha value is -0.690. The predicted molar refractivity (Wildman–Crippen MR) is 55.0 cm³/mol. The monoisotopic (exact) mass is 220 g/mol. The summed E-state index contributed by atoms with van der Waals surface area (Å²) in [5, 5.41) is 29.4. The van der Waals surface area contributed by atoms with Crippen molar-refractivity contribution in [2.75, 3.05) is 26.4 Å². The van der Waals surface area contributed by atoms with E-state index in [9.17, 15) is 4.79 Å². The van der Waals surface area contributed by atoms with Crippen molar-refractivity contribution < 1.29 is 20.1 Å². The van der Waals surface area contributed by atoms with Crippen molar-refractivity contribution in [1.82, 2.24) is 5.32 Å². The SMILES string of the molecule is CC(C)(CN)C(=O)NC(CO)(CO)CO. The largest absolute Gasteiger partial charge is 0.394 e. The van der Waals surface area contributed by atoms with Crippen LogP contribution in [0.25, 0.3) is 0 Å². The number of carbonyl (C=O) groups excluding carboxylic acids is 1. The minimum atomic E-state index is -1.39. The maximum atomic E-state index is 11.7. The Morgan fingerprint density at radius 1 is 1.20 bits per heavy atom. The van der Waals surface area contributed by atoms with Gasteiger partial charge in [-0.2, -0.15) is 0 Å². The molecule has 6 heteroatoms. The van der Waals surface area contributed by atoms with Crippen LogP contribution in [-0.2, 0) is 4.79 Å². The van der Waals surface area contributed by atoms with E-state index in [1.54, 1.807) is 13.8 Å². The van der Waals surface area contributed by atoms with E-state index in [0.717, 1.165) is 0 Å². The van der Waals surface area contributed by atoms with Gasteiger partial charge in [0.05, 0.1) is 25.2 Å². The molecule has 0 aromatic rings. The molecule has 0 spiro atoms. The van der Waals surface area contributed by atoms with Crippen molar-refractivity contribution >= 4 is 5.91 Å². The Labute approximate surface area is 89.1 Å². The van der Waals surface area contributed by atoms with Gasteiger partial charge in [0.25, 0.3) is 0 Å². The smallest absolute Gasteiger partial charge is 0.227 e. The Bertz CT molecular complexity index is 206. The first-order valence-corrected chi connectivity index (χ1v) is 4.73. The predicted octanol–water partition coefficient (Wildman–Crippen LogP) is -2.20. The lowest BCUT2D eigenvalue weighted by atomic mass is 9.90. The van der Waals surface area contributed by atoms with Crippen molar-refractivity contribution in [2.45, 2.75) is 19.4 Å². The lowest BCUT2D eigenvalue weighted by Crippen LogP contribution is -2.60. The molecule has 0 saturated carbocycles. The van der Waals surface area contributed by atoms with Gasteiger partial charge in [-0.05, 0) is 13.8 Å². The van der Waals surface area contributed by atoms with E-state index in [0.29, 0.717) is 0 Å². The molecular weight excluding hydrogens is 200 g/mol. The Kier molecular flexibility index (Phi) is 5.16. The molecule has 0 aliphatic rings. The molecular formula is C9H20N2O4. The van der Waals surface area contributed by atoms with E-state index in [-0.39, 0.29) is 6.54 Å². The van der Waals surface area contributed by atoms with Gasteiger partial charge in [-0.1, -0.05) is 0 Å². The molecule has 6 nitrogen and oxygen atoms in total. The third-order valence-corrected chi connectivity index (χ3v) is 2.41. The molecule has 0 rings (SSSR count). The zero-order chi connectivity index (χ0) is 12.1. The number of nitrogens with one attached hydrogen (secondary N) is 1. The maximum absolute atomic E-state index is 11.7. The van der Waals surface area contributed by atoms with Crippen LogP contribution in [0.1, 0.15) is 13.8 Å². The summed E-state index contributed by atoms with van der Waals surface area (Å²) in [6.07, 6.45) is 0. The summed E-state index contributed by atoms with van der Waals surface area (Å²) in [5.41, 5.74) is 3.22. The number of aliphatic hydroxyl groups is 3. The van der Waals surface area contributed by atoms with Crippen molar-refractivity contribution in [3.8, 4) is 0 Å². The highest BCUT2D eigenvalue weighted by molar-refractivity contribution is 5.82. The fourth-order valence-corrected chi connectivity index (χ4v) is 0.771. The maximum Gasteiger partial charge on any atom is 0.227 e. The lowest BCUT2D eigenvalue weighted by Gasteiger charge is -2.32. The van der Waals surface area contributed by atoms with Crippen molar-refractivity contribution in [3.05, 3.63) is 0 Å². The van der Waals surface area contributed by atoms with Gasteiger partial charge in [-0.3, -0.25) is 4.79 Å². The second-order valence-corrected chi connectivity index (χ2v) is 4.30. The number of hydrogen-bond donors (Lipinski definition) is 5. The summed E-state index contributed by atoms with van der Waals surface area (Å²) >= 11 is 0. The van der Waals surface area contributed by atoms with E-state index in [1.807, 2.05) is 0 Å². The van der Waals surface area contributed by atoms with Crippen LogP contribution in [0.4, 0.5) is 0 Å². The summed E-state index contributed by atoms with van der Waals surface area (Å²) < 4.78 is 0. The number of hydrogen-bond acceptors (Lipinski definition) is 5. The van der Waals surface area contributed by atoms with Crippen molar-refractivity contribution in [1.29, 1.82) is 0 Å². The van der Waals surface area contributed by atoms with Crippen LogP contribution in [0.15, 0.2) is 0 Å². The molecule has 0 radical (unpaired) electrons.